The number of ketones is 1. The number of rotatable bonds is 4. The van der Waals surface area contributed by atoms with Gasteiger partial charge in [-0.05, 0) is 25.3 Å². The zero-order valence-electron chi connectivity index (χ0n) is 9.21. The molecule has 1 aromatic rings. The van der Waals surface area contributed by atoms with Crippen LogP contribution in [0.1, 0.15) is 28.0 Å². The molecule has 0 aliphatic carbocycles. The van der Waals surface area contributed by atoms with Gasteiger partial charge < -0.3 is 4.79 Å². The van der Waals surface area contributed by atoms with Gasteiger partial charge in [-0.25, -0.2) is 0 Å². The average molecular weight is 164 g/mol. The maximum Gasteiger partial charge on any atom is 0.129 e. The number of Topliss-reactive ketones (excluding diaryl/α,β-unsaturated/α-hetero) is 1. The molecule has 0 N–H and O–H groups in total. The highest BCUT2D eigenvalue weighted by Gasteiger charge is 1.94. The normalized spacial score (nSPS) is 13.4. The first-order valence-corrected chi connectivity index (χ1v) is 4.03. The van der Waals surface area contributed by atoms with E-state index in [-0.39, 0.29) is 12.2 Å². The van der Waals surface area contributed by atoms with E-state index >= 15 is 0 Å². The van der Waals surface area contributed by atoms with Gasteiger partial charge in [0.15, 0.2) is 0 Å². The predicted octanol–water partition coefficient (Wildman–Crippen LogP) is 2.60. The molecule has 0 bridgehead atoms. The van der Waals surface area contributed by atoms with E-state index in [0.29, 0.717) is 6.42 Å². The fourth-order valence-electron chi connectivity index (χ4n) is 0.979. The molecule has 64 valence electrons. The Hall–Kier alpha value is -1.11. The lowest BCUT2D eigenvalue weighted by atomic mass is 10.1. The number of carbonyl (C=O) groups is 1. The molecule has 0 spiro atoms. The standard InChI is InChI=1S/C11H14O/c1-10(12)6-5-9-11-7-3-2-4-8-11/h2-4,7-8H,5-6,9H2,1H3/i5D2. The Balaban J connectivity index is 2.63. The fraction of sp³-hybridized carbons (Fsp3) is 0.364. The molecule has 0 radical (unpaired) electrons. The minimum atomic E-state index is -1.42. The first kappa shape index (κ1) is 6.41. The molecule has 1 aromatic carbocycles. The molecule has 1 nitrogen and oxygen atoms in total. The number of hydrogen-bond donors (Lipinski definition) is 0. The van der Waals surface area contributed by atoms with Crippen molar-refractivity contribution in [1.82, 2.24) is 0 Å². The summed E-state index contributed by atoms with van der Waals surface area (Å²) < 4.78 is 15.3. The summed E-state index contributed by atoms with van der Waals surface area (Å²) in [5.74, 6) is -0.106. The van der Waals surface area contributed by atoms with E-state index in [2.05, 4.69) is 0 Å². The third-order valence-corrected chi connectivity index (χ3v) is 1.55. The molecule has 0 aromatic heterocycles. The molecule has 12 heavy (non-hydrogen) atoms. The summed E-state index contributed by atoms with van der Waals surface area (Å²) >= 11 is 0. The maximum absolute atomic E-state index is 10.8. The zero-order valence-corrected chi connectivity index (χ0v) is 7.21. The highest BCUT2D eigenvalue weighted by Crippen LogP contribution is 2.04. The Morgan fingerprint density at radius 3 is 2.67 bits per heavy atom. The smallest absolute Gasteiger partial charge is 0.129 e. The minimum absolute atomic E-state index is 0.0120. The molecule has 0 unspecified atom stereocenters. The van der Waals surface area contributed by atoms with Gasteiger partial charge in [0.1, 0.15) is 5.78 Å². The van der Waals surface area contributed by atoms with Gasteiger partial charge in [-0.15, -0.1) is 0 Å². The van der Waals surface area contributed by atoms with Gasteiger partial charge >= 0.3 is 0 Å². The van der Waals surface area contributed by atoms with E-state index in [4.69, 9.17) is 2.74 Å². The van der Waals surface area contributed by atoms with Crippen LogP contribution in [-0.4, -0.2) is 5.78 Å². The molecule has 0 amide bonds. The minimum Gasteiger partial charge on any atom is -0.300 e. The van der Waals surface area contributed by atoms with Gasteiger partial charge in [-0.1, -0.05) is 30.3 Å². The number of aryl methyl sites for hydroxylation is 1. The summed E-state index contributed by atoms with van der Waals surface area (Å²) in [6.45, 7) is 1.42. The van der Waals surface area contributed by atoms with Crippen LogP contribution in [0.15, 0.2) is 30.3 Å². The summed E-state index contributed by atoms with van der Waals surface area (Å²) in [6, 6.07) is 9.39. The van der Waals surface area contributed by atoms with Gasteiger partial charge in [-0.3, -0.25) is 0 Å². The molecule has 0 saturated carbocycles. The lowest BCUT2D eigenvalue weighted by molar-refractivity contribution is -0.117. The highest BCUT2D eigenvalue weighted by molar-refractivity contribution is 5.75. The van der Waals surface area contributed by atoms with Crippen molar-refractivity contribution in [3.05, 3.63) is 35.9 Å². The summed E-state index contributed by atoms with van der Waals surface area (Å²) in [5.41, 5.74) is 0.929. The first-order chi connectivity index (χ1) is 6.49. The lowest BCUT2D eigenvalue weighted by Gasteiger charge is -1.98. The van der Waals surface area contributed by atoms with Gasteiger partial charge in [0.05, 0.1) is 0 Å². The van der Waals surface area contributed by atoms with Gasteiger partial charge in [0, 0.05) is 9.16 Å². The largest absolute Gasteiger partial charge is 0.300 e. The highest BCUT2D eigenvalue weighted by atomic mass is 16.1. The van der Waals surface area contributed by atoms with Crippen molar-refractivity contribution in [1.29, 1.82) is 0 Å². The van der Waals surface area contributed by atoms with Crippen LogP contribution in [0.3, 0.4) is 0 Å². The third kappa shape index (κ3) is 3.33. The van der Waals surface area contributed by atoms with Gasteiger partial charge in [0.25, 0.3) is 0 Å². The molecule has 0 aliphatic heterocycles. The van der Waals surface area contributed by atoms with Crippen LogP contribution in [0.5, 0.6) is 0 Å². The second-order valence-electron chi connectivity index (χ2n) is 2.79. The number of carbonyl (C=O) groups excluding carboxylic acids is 1. The van der Waals surface area contributed by atoms with Crippen molar-refractivity contribution in [3.8, 4) is 0 Å². The van der Waals surface area contributed by atoms with E-state index in [1.807, 2.05) is 30.3 Å². The number of hydrogen-bond acceptors (Lipinski definition) is 1. The van der Waals surface area contributed by atoms with Crippen LogP contribution in [0.4, 0.5) is 0 Å². The van der Waals surface area contributed by atoms with E-state index < -0.39 is 6.37 Å². The summed E-state index contributed by atoms with van der Waals surface area (Å²) in [7, 11) is 0. The number of benzene rings is 1. The van der Waals surface area contributed by atoms with E-state index in [1.54, 1.807) is 0 Å². The van der Waals surface area contributed by atoms with Crippen molar-refractivity contribution in [3.63, 3.8) is 0 Å². The van der Waals surface area contributed by atoms with Crippen LogP contribution in [-0.2, 0) is 11.2 Å². The van der Waals surface area contributed by atoms with Crippen molar-refractivity contribution in [2.75, 3.05) is 0 Å². The average Bonchev–Trinajstić information content (AvgIpc) is 2.02. The zero-order chi connectivity index (χ0) is 10.6. The van der Waals surface area contributed by atoms with E-state index in [1.165, 1.54) is 6.92 Å². The molecule has 0 atom stereocenters. The SMILES string of the molecule is [2H]C([2H])(CC(C)=O)Cc1ccccc1. The van der Waals surface area contributed by atoms with Gasteiger partial charge in [0.2, 0.25) is 0 Å². The van der Waals surface area contributed by atoms with Crippen LogP contribution >= 0.6 is 0 Å². The molecule has 0 heterocycles. The Morgan fingerprint density at radius 1 is 1.42 bits per heavy atom. The third-order valence-electron chi connectivity index (χ3n) is 1.55. The fourth-order valence-corrected chi connectivity index (χ4v) is 0.979. The van der Waals surface area contributed by atoms with Crippen molar-refractivity contribution in [2.24, 2.45) is 0 Å². The van der Waals surface area contributed by atoms with Crippen molar-refractivity contribution >= 4 is 5.78 Å². The summed E-state index contributed by atoms with van der Waals surface area (Å²) in [6.07, 6.45) is -1.14. The Bertz CT molecular complexity index is 306. The first-order valence-electron chi connectivity index (χ1n) is 5.03. The van der Waals surface area contributed by atoms with E-state index in [9.17, 15) is 4.79 Å². The second kappa shape index (κ2) is 4.70. The van der Waals surface area contributed by atoms with Crippen LogP contribution in [0.2, 0.25) is 0 Å². The second-order valence-corrected chi connectivity index (χ2v) is 2.79. The molecular formula is C11H14O. The topological polar surface area (TPSA) is 17.1 Å². The molecule has 0 saturated heterocycles. The Labute approximate surface area is 76.2 Å². The van der Waals surface area contributed by atoms with Crippen molar-refractivity contribution in [2.45, 2.75) is 26.1 Å². The summed E-state index contributed by atoms with van der Waals surface area (Å²) in [4.78, 5) is 10.8. The maximum atomic E-state index is 10.8. The van der Waals surface area contributed by atoms with Crippen LogP contribution in [0, 0.1) is 0 Å². The molecule has 1 rings (SSSR count). The van der Waals surface area contributed by atoms with E-state index in [0.717, 1.165) is 5.56 Å². The lowest BCUT2D eigenvalue weighted by Crippen LogP contribution is -1.91. The quantitative estimate of drug-likeness (QED) is 0.668. The van der Waals surface area contributed by atoms with Crippen LogP contribution < -0.4 is 0 Å². The van der Waals surface area contributed by atoms with Crippen molar-refractivity contribution < 1.29 is 7.54 Å². The molecular weight excluding hydrogens is 148 g/mol. The Kier molecular flexibility index (Phi) is 2.51. The molecule has 0 fully saturated rings. The monoisotopic (exact) mass is 164 g/mol. The summed E-state index contributed by atoms with van der Waals surface area (Å²) in [5, 5.41) is 0. The molecule has 1 heteroatoms. The van der Waals surface area contributed by atoms with Crippen LogP contribution in [0.25, 0.3) is 0 Å². The predicted molar refractivity (Wildman–Crippen MR) is 50.1 cm³/mol. The van der Waals surface area contributed by atoms with Gasteiger partial charge in [-0.2, -0.15) is 0 Å². The Morgan fingerprint density at radius 2 is 2.08 bits per heavy atom. The molecule has 0 aliphatic rings.